The largest absolute Gasteiger partial charge is 0.384 e. The molecule has 1 heterocycles. The Labute approximate surface area is 119 Å². The first-order chi connectivity index (χ1) is 9.62. The summed E-state index contributed by atoms with van der Waals surface area (Å²) in [5, 5.41) is 5.67. The van der Waals surface area contributed by atoms with Crippen LogP contribution in [0.15, 0.2) is 18.3 Å². The third-order valence-corrected chi connectivity index (χ3v) is 2.99. The van der Waals surface area contributed by atoms with E-state index in [4.69, 9.17) is 0 Å². The Morgan fingerprint density at radius 1 is 1.30 bits per heavy atom. The van der Waals surface area contributed by atoms with Crippen LogP contribution in [0, 0.1) is 0 Å². The van der Waals surface area contributed by atoms with Crippen molar-refractivity contribution in [2.24, 2.45) is 0 Å². The van der Waals surface area contributed by atoms with Crippen molar-refractivity contribution >= 4 is 17.5 Å². The standard InChI is InChI=1S/C14H22N4O2/c1-4-18(5-2)14(20)12-10-11(6-8-17-12)16-9-7-13(19)15-3/h6,8,10H,4-5,7,9H2,1-3H3,(H,15,19)(H,16,17). The fourth-order valence-electron chi connectivity index (χ4n) is 1.78. The zero-order valence-electron chi connectivity index (χ0n) is 12.3. The molecule has 0 radical (unpaired) electrons. The van der Waals surface area contributed by atoms with E-state index in [0.717, 1.165) is 5.69 Å². The van der Waals surface area contributed by atoms with Gasteiger partial charge in [0.05, 0.1) is 0 Å². The molecule has 2 N–H and O–H groups in total. The number of carbonyl (C=O) groups is 2. The number of pyridine rings is 1. The van der Waals surface area contributed by atoms with E-state index in [9.17, 15) is 9.59 Å². The van der Waals surface area contributed by atoms with Crippen LogP contribution in [0.2, 0.25) is 0 Å². The van der Waals surface area contributed by atoms with E-state index < -0.39 is 0 Å². The molecule has 0 bridgehead atoms. The number of nitrogens with zero attached hydrogens (tertiary/aromatic N) is 2. The SMILES string of the molecule is CCN(CC)C(=O)c1cc(NCCC(=O)NC)ccn1. The van der Waals surface area contributed by atoms with E-state index in [1.165, 1.54) is 0 Å². The molecule has 6 nitrogen and oxygen atoms in total. The number of hydrogen-bond acceptors (Lipinski definition) is 4. The Hall–Kier alpha value is -2.11. The third-order valence-electron chi connectivity index (χ3n) is 2.99. The summed E-state index contributed by atoms with van der Waals surface area (Å²) in [5.74, 6) is -0.101. The highest BCUT2D eigenvalue weighted by Crippen LogP contribution is 2.10. The summed E-state index contributed by atoms with van der Waals surface area (Å²) < 4.78 is 0. The Morgan fingerprint density at radius 2 is 2.00 bits per heavy atom. The van der Waals surface area contributed by atoms with Gasteiger partial charge in [0, 0.05) is 45.0 Å². The molecule has 0 unspecified atom stereocenters. The smallest absolute Gasteiger partial charge is 0.272 e. The molecule has 0 saturated carbocycles. The molecule has 1 aromatic rings. The van der Waals surface area contributed by atoms with Crippen molar-refractivity contribution in [1.82, 2.24) is 15.2 Å². The second kappa shape index (κ2) is 8.14. The molecule has 0 aliphatic rings. The molecule has 0 aliphatic carbocycles. The molecule has 2 amide bonds. The number of carbonyl (C=O) groups excluding carboxylic acids is 2. The van der Waals surface area contributed by atoms with E-state index >= 15 is 0 Å². The topological polar surface area (TPSA) is 74.3 Å². The predicted octanol–water partition coefficient (Wildman–Crippen LogP) is 1.11. The van der Waals surface area contributed by atoms with Crippen LogP contribution in [0.5, 0.6) is 0 Å². The summed E-state index contributed by atoms with van der Waals surface area (Å²) in [6.07, 6.45) is 1.98. The maximum atomic E-state index is 12.2. The van der Waals surface area contributed by atoms with Crippen molar-refractivity contribution < 1.29 is 9.59 Å². The van der Waals surface area contributed by atoms with Gasteiger partial charge in [0.15, 0.2) is 0 Å². The molecule has 0 aliphatic heterocycles. The molecule has 110 valence electrons. The molecular formula is C14H22N4O2. The van der Waals surface area contributed by atoms with Gasteiger partial charge in [-0.2, -0.15) is 0 Å². The molecule has 0 aromatic carbocycles. The maximum Gasteiger partial charge on any atom is 0.272 e. The van der Waals surface area contributed by atoms with Gasteiger partial charge in [-0.3, -0.25) is 14.6 Å². The van der Waals surface area contributed by atoms with Crippen molar-refractivity contribution in [3.63, 3.8) is 0 Å². The molecule has 6 heteroatoms. The Bertz CT molecular complexity index is 458. The first kappa shape index (κ1) is 15.9. The summed E-state index contributed by atoms with van der Waals surface area (Å²) in [7, 11) is 1.61. The molecule has 0 fully saturated rings. The minimum absolute atomic E-state index is 0.0222. The van der Waals surface area contributed by atoms with E-state index in [1.54, 1.807) is 30.3 Å². The monoisotopic (exact) mass is 278 g/mol. The van der Waals surface area contributed by atoms with Crippen LogP contribution in [-0.2, 0) is 4.79 Å². The van der Waals surface area contributed by atoms with Crippen LogP contribution in [0.4, 0.5) is 5.69 Å². The number of hydrogen-bond donors (Lipinski definition) is 2. The van der Waals surface area contributed by atoms with E-state index in [2.05, 4.69) is 15.6 Å². The minimum atomic E-state index is -0.0787. The van der Waals surface area contributed by atoms with Gasteiger partial charge in [0.25, 0.3) is 5.91 Å². The maximum absolute atomic E-state index is 12.2. The van der Waals surface area contributed by atoms with Crippen LogP contribution < -0.4 is 10.6 Å². The Morgan fingerprint density at radius 3 is 2.60 bits per heavy atom. The summed E-state index contributed by atoms with van der Waals surface area (Å²) in [4.78, 5) is 29.1. The first-order valence-corrected chi connectivity index (χ1v) is 6.82. The second-order valence-electron chi connectivity index (χ2n) is 4.26. The van der Waals surface area contributed by atoms with Crippen LogP contribution >= 0.6 is 0 Å². The minimum Gasteiger partial charge on any atom is -0.384 e. The summed E-state index contributed by atoms with van der Waals surface area (Å²) in [6, 6.07) is 3.49. The summed E-state index contributed by atoms with van der Waals surface area (Å²) in [6.45, 7) is 5.71. The fraction of sp³-hybridized carbons (Fsp3) is 0.500. The highest BCUT2D eigenvalue weighted by molar-refractivity contribution is 5.93. The highest BCUT2D eigenvalue weighted by Gasteiger charge is 2.14. The van der Waals surface area contributed by atoms with Gasteiger partial charge < -0.3 is 15.5 Å². The second-order valence-corrected chi connectivity index (χ2v) is 4.26. The van der Waals surface area contributed by atoms with Crippen molar-refractivity contribution in [3.8, 4) is 0 Å². The van der Waals surface area contributed by atoms with Crippen molar-refractivity contribution in [3.05, 3.63) is 24.0 Å². The van der Waals surface area contributed by atoms with Crippen LogP contribution in [0.1, 0.15) is 30.8 Å². The van der Waals surface area contributed by atoms with Crippen molar-refractivity contribution in [1.29, 1.82) is 0 Å². The van der Waals surface area contributed by atoms with Crippen molar-refractivity contribution in [2.75, 3.05) is 32.0 Å². The number of nitrogens with one attached hydrogen (secondary N) is 2. The summed E-state index contributed by atoms with van der Waals surface area (Å²) in [5.41, 5.74) is 1.21. The van der Waals surface area contributed by atoms with Gasteiger partial charge in [0.1, 0.15) is 5.69 Å². The predicted molar refractivity (Wildman–Crippen MR) is 78.7 cm³/mol. The Balaban J connectivity index is 2.66. The molecule has 20 heavy (non-hydrogen) atoms. The molecular weight excluding hydrogens is 256 g/mol. The molecule has 0 spiro atoms. The van der Waals surface area contributed by atoms with Gasteiger partial charge in [-0.15, -0.1) is 0 Å². The Kier molecular flexibility index (Phi) is 6.49. The lowest BCUT2D eigenvalue weighted by atomic mass is 10.2. The van der Waals surface area contributed by atoms with Crippen LogP contribution in [-0.4, -0.2) is 48.4 Å². The van der Waals surface area contributed by atoms with Crippen LogP contribution in [0.25, 0.3) is 0 Å². The first-order valence-electron chi connectivity index (χ1n) is 6.82. The van der Waals surface area contributed by atoms with E-state index in [0.29, 0.717) is 31.7 Å². The quantitative estimate of drug-likeness (QED) is 0.783. The molecule has 0 saturated heterocycles. The molecule has 0 atom stereocenters. The van der Waals surface area contributed by atoms with E-state index in [-0.39, 0.29) is 11.8 Å². The third kappa shape index (κ3) is 4.53. The number of rotatable bonds is 7. The van der Waals surface area contributed by atoms with Gasteiger partial charge in [-0.05, 0) is 26.0 Å². The lowest BCUT2D eigenvalue weighted by Gasteiger charge is -2.18. The number of anilines is 1. The van der Waals surface area contributed by atoms with E-state index in [1.807, 2.05) is 13.8 Å². The van der Waals surface area contributed by atoms with Crippen LogP contribution in [0.3, 0.4) is 0 Å². The van der Waals surface area contributed by atoms with Crippen molar-refractivity contribution in [2.45, 2.75) is 20.3 Å². The van der Waals surface area contributed by atoms with Gasteiger partial charge in [0.2, 0.25) is 5.91 Å². The number of aromatic nitrogens is 1. The average molecular weight is 278 g/mol. The highest BCUT2D eigenvalue weighted by atomic mass is 16.2. The molecule has 1 aromatic heterocycles. The van der Waals surface area contributed by atoms with Gasteiger partial charge >= 0.3 is 0 Å². The fourth-order valence-corrected chi connectivity index (χ4v) is 1.78. The summed E-state index contributed by atoms with van der Waals surface area (Å²) >= 11 is 0. The van der Waals surface area contributed by atoms with Gasteiger partial charge in [-0.25, -0.2) is 0 Å². The lowest BCUT2D eigenvalue weighted by Crippen LogP contribution is -2.31. The average Bonchev–Trinajstić information content (AvgIpc) is 2.48. The lowest BCUT2D eigenvalue weighted by molar-refractivity contribution is -0.120. The zero-order valence-corrected chi connectivity index (χ0v) is 12.3. The zero-order chi connectivity index (χ0) is 15.0. The normalized spacial score (nSPS) is 9.95. The number of amides is 2. The van der Waals surface area contributed by atoms with Gasteiger partial charge in [-0.1, -0.05) is 0 Å². The molecule has 1 rings (SSSR count).